The zero-order valence-corrected chi connectivity index (χ0v) is 11.3. The maximum absolute atomic E-state index is 5.13. The van der Waals surface area contributed by atoms with Crippen LogP contribution in [0.1, 0.15) is 11.3 Å². The topological polar surface area (TPSA) is 49.3 Å². The molecule has 2 rings (SSSR count). The molecular formula is C14H14N4S. The molecule has 0 saturated carbocycles. The van der Waals surface area contributed by atoms with Crippen LogP contribution in [-0.2, 0) is 0 Å². The van der Waals surface area contributed by atoms with Gasteiger partial charge in [-0.2, -0.15) is 5.10 Å². The number of anilines is 1. The van der Waals surface area contributed by atoms with Crippen molar-refractivity contribution in [1.29, 1.82) is 0 Å². The third-order valence-corrected chi connectivity index (χ3v) is 2.55. The minimum absolute atomic E-state index is 0.441. The molecule has 5 heteroatoms. The van der Waals surface area contributed by atoms with Gasteiger partial charge < -0.3 is 5.32 Å². The van der Waals surface area contributed by atoms with Crippen LogP contribution >= 0.6 is 12.2 Å². The number of nitrogens with one attached hydrogen (secondary N) is 2. The number of rotatable bonds is 3. The normalized spacial score (nSPS) is 10.4. The number of hydrazone groups is 1. The molecule has 1 aromatic heterocycles. The Hall–Kier alpha value is -2.27. The zero-order valence-electron chi connectivity index (χ0n) is 10.5. The molecular weight excluding hydrogens is 256 g/mol. The van der Waals surface area contributed by atoms with Gasteiger partial charge in [-0.25, -0.2) is 0 Å². The Morgan fingerprint density at radius 3 is 2.68 bits per heavy atom. The molecule has 0 atom stereocenters. The summed E-state index contributed by atoms with van der Waals surface area (Å²) in [6, 6.07) is 13.6. The van der Waals surface area contributed by atoms with Crippen molar-refractivity contribution in [2.45, 2.75) is 6.92 Å². The van der Waals surface area contributed by atoms with E-state index >= 15 is 0 Å². The summed E-state index contributed by atoms with van der Waals surface area (Å²) in [5.74, 6) is 0. The highest BCUT2D eigenvalue weighted by Gasteiger charge is 1.95. The summed E-state index contributed by atoms with van der Waals surface area (Å²) in [6.07, 6.45) is 3.33. The molecule has 19 heavy (non-hydrogen) atoms. The van der Waals surface area contributed by atoms with Gasteiger partial charge in [0.2, 0.25) is 0 Å². The molecule has 4 nitrogen and oxygen atoms in total. The van der Waals surface area contributed by atoms with Crippen LogP contribution in [0, 0.1) is 6.92 Å². The fraction of sp³-hybridized carbons (Fsp3) is 0.0714. The highest BCUT2D eigenvalue weighted by molar-refractivity contribution is 7.80. The first-order valence-corrected chi connectivity index (χ1v) is 6.22. The van der Waals surface area contributed by atoms with Gasteiger partial charge >= 0.3 is 0 Å². The van der Waals surface area contributed by atoms with Crippen molar-refractivity contribution in [3.8, 4) is 0 Å². The minimum Gasteiger partial charge on any atom is -0.331 e. The van der Waals surface area contributed by atoms with E-state index in [0.717, 1.165) is 11.4 Å². The van der Waals surface area contributed by atoms with Gasteiger partial charge in [0.05, 0.1) is 11.9 Å². The molecule has 2 N–H and O–H groups in total. The number of pyridine rings is 1. The Bertz CT molecular complexity index is 564. The summed E-state index contributed by atoms with van der Waals surface area (Å²) in [5.41, 5.74) is 5.65. The molecule has 96 valence electrons. The quantitative estimate of drug-likeness (QED) is 0.511. The first kappa shape index (κ1) is 13.2. The standard InChI is InChI=1S/C14H14N4S/c1-11-5-7-12(8-6-11)17-14(19)18-16-10-13-4-2-3-9-15-13/h2-10H,1H3,(H2,17,18,19). The fourth-order valence-electron chi connectivity index (χ4n) is 1.41. The van der Waals surface area contributed by atoms with Gasteiger partial charge in [0.25, 0.3) is 0 Å². The molecule has 0 fully saturated rings. The van der Waals surface area contributed by atoms with Crippen molar-refractivity contribution >= 4 is 29.2 Å². The highest BCUT2D eigenvalue weighted by atomic mass is 32.1. The summed E-state index contributed by atoms with van der Waals surface area (Å²) in [5, 5.41) is 7.50. The fourth-order valence-corrected chi connectivity index (χ4v) is 1.58. The molecule has 0 aliphatic carbocycles. The van der Waals surface area contributed by atoms with E-state index in [-0.39, 0.29) is 0 Å². The number of benzene rings is 1. The van der Waals surface area contributed by atoms with Crippen LogP contribution in [0.5, 0.6) is 0 Å². The van der Waals surface area contributed by atoms with Crippen LogP contribution in [0.3, 0.4) is 0 Å². The van der Waals surface area contributed by atoms with Crippen LogP contribution < -0.4 is 10.7 Å². The lowest BCUT2D eigenvalue weighted by molar-refractivity contribution is 1.05. The molecule has 0 saturated heterocycles. The minimum atomic E-state index is 0.441. The Morgan fingerprint density at radius 2 is 2.00 bits per heavy atom. The van der Waals surface area contributed by atoms with E-state index in [1.165, 1.54) is 5.56 Å². The molecule has 1 aromatic carbocycles. The Kier molecular flexibility index (Phi) is 4.58. The molecule has 0 unspecified atom stereocenters. The summed E-state index contributed by atoms with van der Waals surface area (Å²) >= 11 is 5.13. The second-order valence-corrected chi connectivity index (χ2v) is 4.35. The first-order valence-electron chi connectivity index (χ1n) is 5.82. The predicted octanol–water partition coefficient (Wildman–Crippen LogP) is 2.71. The largest absolute Gasteiger partial charge is 0.331 e. The van der Waals surface area contributed by atoms with E-state index < -0.39 is 0 Å². The van der Waals surface area contributed by atoms with Crippen molar-refractivity contribution < 1.29 is 0 Å². The van der Waals surface area contributed by atoms with Crippen molar-refractivity contribution in [3.63, 3.8) is 0 Å². The Morgan fingerprint density at radius 1 is 1.21 bits per heavy atom. The van der Waals surface area contributed by atoms with Gasteiger partial charge in [0.15, 0.2) is 5.11 Å². The molecule has 0 bridgehead atoms. The average molecular weight is 270 g/mol. The molecule has 0 amide bonds. The molecule has 0 aliphatic heterocycles. The Labute approximate surface area is 117 Å². The van der Waals surface area contributed by atoms with Gasteiger partial charge in [0, 0.05) is 11.9 Å². The number of hydrogen-bond donors (Lipinski definition) is 2. The van der Waals surface area contributed by atoms with Crippen molar-refractivity contribution in [2.24, 2.45) is 5.10 Å². The van der Waals surface area contributed by atoms with Crippen LogP contribution in [0.15, 0.2) is 53.8 Å². The number of thiocarbonyl (C=S) groups is 1. The lowest BCUT2D eigenvalue weighted by atomic mass is 10.2. The number of hydrogen-bond acceptors (Lipinski definition) is 3. The average Bonchev–Trinajstić information content (AvgIpc) is 2.43. The predicted molar refractivity (Wildman–Crippen MR) is 82.4 cm³/mol. The lowest BCUT2D eigenvalue weighted by Crippen LogP contribution is -2.23. The number of nitrogens with zero attached hydrogens (tertiary/aromatic N) is 2. The van der Waals surface area contributed by atoms with Crippen molar-refractivity contribution in [2.75, 3.05) is 5.32 Å². The summed E-state index contributed by atoms with van der Waals surface area (Å²) in [7, 11) is 0. The van der Waals surface area contributed by atoms with Gasteiger partial charge in [-0.05, 0) is 43.4 Å². The van der Waals surface area contributed by atoms with Crippen LogP contribution in [0.25, 0.3) is 0 Å². The third kappa shape index (κ3) is 4.48. The second kappa shape index (κ2) is 6.61. The van der Waals surface area contributed by atoms with Gasteiger partial charge in [-0.1, -0.05) is 23.8 Å². The molecule has 0 radical (unpaired) electrons. The Balaban J connectivity index is 1.85. The maximum Gasteiger partial charge on any atom is 0.191 e. The summed E-state index contributed by atoms with van der Waals surface area (Å²) in [4.78, 5) is 4.12. The second-order valence-electron chi connectivity index (χ2n) is 3.94. The van der Waals surface area contributed by atoms with E-state index in [1.807, 2.05) is 49.4 Å². The van der Waals surface area contributed by atoms with Gasteiger partial charge in [-0.3, -0.25) is 10.4 Å². The van der Waals surface area contributed by atoms with E-state index in [2.05, 4.69) is 20.8 Å². The molecule has 0 aliphatic rings. The van der Waals surface area contributed by atoms with Crippen molar-refractivity contribution in [1.82, 2.24) is 10.4 Å². The smallest absolute Gasteiger partial charge is 0.191 e. The molecule has 2 aromatic rings. The molecule has 0 spiro atoms. The zero-order chi connectivity index (χ0) is 13.5. The maximum atomic E-state index is 5.13. The first-order chi connectivity index (χ1) is 9.24. The number of aromatic nitrogens is 1. The van der Waals surface area contributed by atoms with Gasteiger partial charge in [0.1, 0.15) is 0 Å². The lowest BCUT2D eigenvalue weighted by Gasteiger charge is -2.06. The van der Waals surface area contributed by atoms with E-state index in [4.69, 9.17) is 12.2 Å². The van der Waals surface area contributed by atoms with Crippen LogP contribution in [-0.4, -0.2) is 16.3 Å². The monoisotopic (exact) mass is 270 g/mol. The van der Waals surface area contributed by atoms with Crippen LogP contribution in [0.4, 0.5) is 5.69 Å². The molecule has 1 heterocycles. The summed E-state index contributed by atoms with van der Waals surface area (Å²) < 4.78 is 0. The SMILES string of the molecule is Cc1ccc(NC(=S)NN=Cc2ccccn2)cc1. The van der Waals surface area contributed by atoms with E-state index in [0.29, 0.717) is 5.11 Å². The van der Waals surface area contributed by atoms with Gasteiger partial charge in [-0.15, -0.1) is 0 Å². The third-order valence-electron chi connectivity index (χ3n) is 2.36. The number of aryl methyl sites for hydroxylation is 1. The highest BCUT2D eigenvalue weighted by Crippen LogP contribution is 2.07. The van der Waals surface area contributed by atoms with Crippen molar-refractivity contribution in [3.05, 3.63) is 59.9 Å². The summed E-state index contributed by atoms with van der Waals surface area (Å²) in [6.45, 7) is 2.04. The van der Waals surface area contributed by atoms with Crippen LogP contribution in [0.2, 0.25) is 0 Å². The van der Waals surface area contributed by atoms with E-state index in [9.17, 15) is 0 Å². The van der Waals surface area contributed by atoms with E-state index in [1.54, 1.807) is 12.4 Å².